The molecule has 0 bridgehead atoms. The zero-order valence-corrected chi connectivity index (χ0v) is 10.2. The maximum atomic E-state index is 3.62. The average Bonchev–Trinajstić information content (AvgIpc) is 2.33. The highest BCUT2D eigenvalue weighted by molar-refractivity contribution is 5.20. The topological polar surface area (TPSA) is 12.0 Å². The highest BCUT2D eigenvalue weighted by Crippen LogP contribution is 2.23. The third-order valence-corrected chi connectivity index (χ3v) is 3.37. The van der Waals surface area contributed by atoms with Crippen molar-refractivity contribution in [3.63, 3.8) is 0 Å². The molecule has 0 saturated carbocycles. The van der Waals surface area contributed by atoms with E-state index >= 15 is 0 Å². The van der Waals surface area contributed by atoms with Crippen molar-refractivity contribution in [3.05, 3.63) is 47.7 Å². The van der Waals surface area contributed by atoms with Crippen LogP contribution < -0.4 is 5.32 Å². The Balaban J connectivity index is 1.95. The van der Waals surface area contributed by atoms with Crippen LogP contribution in [0, 0.1) is 5.92 Å². The van der Waals surface area contributed by atoms with Gasteiger partial charge in [0.2, 0.25) is 0 Å². The molecule has 1 heteroatoms. The van der Waals surface area contributed by atoms with Gasteiger partial charge < -0.3 is 5.32 Å². The van der Waals surface area contributed by atoms with E-state index in [0.29, 0.717) is 6.04 Å². The summed E-state index contributed by atoms with van der Waals surface area (Å²) in [5.41, 5.74) is 2.79. The molecular weight excluding hydrogens is 194 g/mol. The smallest absolute Gasteiger partial charge is 0.0482 e. The van der Waals surface area contributed by atoms with Gasteiger partial charge >= 0.3 is 0 Å². The van der Waals surface area contributed by atoms with E-state index in [2.05, 4.69) is 55.6 Å². The molecule has 2 atom stereocenters. The van der Waals surface area contributed by atoms with Crippen molar-refractivity contribution in [1.82, 2.24) is 5.32 Å². The lowest BCUT2D eigenvalue weighted by Gasteiger charge is -2.23. The van der Waals surface area contributed by atoms with Crippen molar-refractivity contribution in [1.29, 1.82) is 0 Å². The Morgan fingerprint density at radius 1 is 1.25 bits per heavy atom. The molecule has 0 amide bonds. The standard InChI is InChI=1S/C15H21N/c1-12-8-10-15(11-9-12)16-13(2)14-6-4-3-5-7-14/h3-7,10,12-13,16H,8-9,11H2,1-2H3/t12-,13-/m0/s1. The van der Waals surface area contributed by atoms with Gasteiger partial charge in [-0.25, -0.2) is 0 Å². The number of allylic oxidation sites excluding steroid dienone is 2. The lowest BCUT2D eigenvalue weighted by Crippen LogP contribution is -2.20. The van der Waals surface area contributed by atoms with Crippen molar-refractivity contribution in [3.8, 4) is 0 Å². The lowest BCUT2D eigenvalue weighted by molar-refractivity contribution is 0.483. The molecular formula is C15H21N. The molecule has 1 aromatic carbocycles. The summed E-state index contributed by atoms with van der Waals surface area (Å²) in [5, 5.41) is 3.62. The van der Waals surface area contributed by atoms with E-state index in [4.69, 9.17) is 0 Å². The minimum atomic E-state index is 0.417. The molecule has 16 heavy (non-hydrogen) atoms. The van der Waals surface area contributed by atoms with Gasteiger partial charge in [0.15, 0.2) is 0 Å². The van der Waals surface area contributed by atoms with E-state index in [0.717, 1.165) is 5.92 Å². The van der Waals surface area contributed by atoms with Crippen LogP contribution in [0.4, 0.5) is 0 Å². The van der Waals surface area contributed by atoms with E-state index < -0.39 is 0 Å². The highest BCUT2D eigenvalue weighted by Gasteiger charge is 2.12. The minimum Gasteiger partial charge on any atom is -0.382 e. The fourth-order valence-corrected chi connectivity index (χ4v) is 2.20. The molecule has 0 aromatic heterocycles. The largest absolute Gasteiger partial charge is 0.382 e. The van der Waals surface area contributed by atoms with Gasteiger partial charge in [0, 0.05) is 11.7 Å². The Morgan fingerprint density at radius 2 is 2.00 bits per heavy atom. The molecule has 0 spiro atoms. The van der Waals surface area contributed by atoms with Gasteiger partial charge in [-0.3, -0.25) is 0 Å². The molecule has 0 radical (unpaired) electrons. The Hall–Kier alpha value is -1.24. The zero-order chi connectivity index (χ0) is 11.4. The number of nitrogens with one attached hydrogen (secondary N) is 1. The van der Waals surface area contributed by atoms with Crippen LogP contribution in [-0.4, -0.2) is 0 Å². The van der Waals surface area contributed by atoms with Crippen LogP contribution in [0.2, 0.25) is 0 Å². The van der Waals surface area contributed by atoms with E-state index in [-0.39, 0.29) is 0 Å². The molecule has 0 unspecified atom stereocenters. The van der Waals surface area contributed by atoms with Crippen LogP contribution in [-0.2, 0) is 0 Å². The fraction of sp³-hybridized carbons (Fsp3) is 0.467. The molecule has 0 aliphatic heterocycles. The summed E-state index contributed by atoms with van der Waals surface area (Å²) in [4.78, 5) is 0. The van der Waals surface area contributed by atoms with Gasteiger partial charge in [-0.2, -0.15) is 0 Å². The summed E-state index contributed by atoms with van der Waals surface area (Å²) in [6.07, 6.45) is 6.12. The quantitative estimate of drug-likeness (QED) is 0.802. The Kier molecular flexibility index (Phi) is 3.66. The first-order valence-electron chi connectivity index (χ1n) is 6.26. The first-order chi connectivity index (χ1) is 7.75. The molecule has 0 saturated heterocycles. The van der Waals surface area contributed by atoms with Crippen LogP contribution in [0.3, 0.4) is 0 Å². The summed E-state index contributed by atoms with van der Waals surface area (Å²) in [6, 6.07) is 11.1. The van der Waals surface area contributed by atoms with Gasteiger partial charge in [-0.1, -0.05) is 43.3 Å². The number of hydrogen-bond acceptors (Lipinski definition) is 1. The first-order valence-corrected chi connectivity index (χ1v) is 6.26. The second kappa shape index (κ2) is 5.20. The number of benzene rings is 1. The first kappa shape index (κ1) is 11.3. The maximum Gasteiger partial charge on any atom is 0.0482 e. The molecule has 1 aromatic rings. The maximum absolute atomic E-state index is 3.62. The van der Waals surface area contributed by atoms with Crippen molar-refractivity contribution in [2.75, 3.05) is 0 Å². The predicted octanol–water partition coefficient (Wildman–Crippen LogP) is 4.04. The predicted molar refractivity (Wildman–Crippen MR) is 69.1 cm³/mol. The minimum absolute atomic E-state index is 0.417. The molecule has 86 valence electrons. The second-order valence-electron chi connectivity index (χ2n) is 4.89. The monoisotopic (exact) mass is 215 g/mol. The molecule has 1 N–H and O–H groups in total. The Labute approximate surface area is 98.6 Å². The normalized spacial score (nSPS) is 22.4. The molecule has 1 nitrogen and oxygen atoms in total. The summed E-state index contributed by atoms with van der Waals surface area (Å²) < 4.78 is 0. The summed E-state index contributed by atoms with van der Waals surface area (Å²) in [7, 11) is 0. The third-order valence-electron chi connectivity index (χ3n) is 3.37. The molecule has 1 aliphatic rings. The fourth-order valence-electron chi connectivity index (χ4n) is 2.20. The molecule has 0 heterocycles. The van der Waals surface area contributed by atoms with Crippen molar-refractivity contribution < 1.29 is 0 Å². The van der Waals surface area contributed by atoms with Gasteiger partial charge in [-0.05, 0) is 37.7 Å². The van der Waals surface area contributed by atoms with Crippen LogP contribution >= 0.6 is 0 Å². The van der Waals surface area contributed by atoms with E-state index in [1.165, 1.54) is 30.5 Å². The summed E-state index contributed by atoms with van der Waals surface area (Å²) >= 11 is 0. The van der Waals surface area contributed by atoms with Gasteiger partial charge in [-0.15, -0.1) is 0 Å². The zero-order valence-electron chi connectivity index (χ0n) is 10.2. The van der Waals surface area contributed by atoms with Crippen LogP contribution in [0.15, 0.2) is 42.1 Å². The lowest BCUT2D eigenvalue weighted by atomic mass is 9.94. The number of hydrogen-bond donors (Lipinski definition) is 1. The number of rotatable bonds is 3. The average molecular weight is 215 g/mol. The van der Waals surface area contributed by atoms with Gasteiger partial charge in [0.1, 0.15) is 0 Å². The van der Waals surface area contributed by atoms with Gasteiger partial charge in [0.05, 0.1) is 0 Å². The van der Waals surface area contributed by atoms with Crippen LogP contribution in [0.1, 0.15) is 44.7 Å². The van der Waals surface area contributed by atoms with Gasteiger partial charge in [0.25, 0.3) is 0 Å². The van der Waals surface area contributed by atoms with E-state index in [1.807, 2.05) is 0 Å². The molecule has 1 aliphatic carbocycles. The van der Waals surface area contributed by atoms with Crippen LogP contribution in [0.25, 0.3) is 0 Å². The summed E-state index contributed by atoms with van der Waals surface area (Å²) in [6.45, 7) is 4.56. The third kappa shape index (κ3) is 2.88. The van der Waals surface area contributed by atoms with E-state index in [1.54, 1.807) is 0 Å². The van der Waals surface area contributed by atoms with Crippen molar-refractivity contribution >= 4 is 0 Å². The molecule has 2 rings (SSSR count). The summed E-state index contributed by atoms with van der Waals surface area (Å²) in [5.74, 6) is 0.859. The SMILES string of the molecule is C[C@H]1CC=C(N[C@@H](C)c2ccccc2)CC1. The van der Waals surface area contributed by atoms with Crippen molar-refractivity contribution in [2.24, 2.45) is 5.92 Å². The Bertz CT molecular complexity index is 353. The van der Waals surface area contributed by atoms with Crippen molar-refractivity contribution in [2.45, 2.75) is 39.2 Å². The Morgan fingerprint density at radius 3 is 2.62 bits per heavy atom. The second-order valence-corrected chi connectivity index (χ2v) is 4.89. The molecule has 0 fully saturated rings. The highest BCUT2D eigenvalue weighted by atomic mass is 14.9. The van der Waals surface area contributed by atoms with Crippen LogP contribution in [0.5, 0.6) is 0 Å². The van der Waals surface area contributed by atoms with E-state index in [9.17, 15) is 0 Å².